The summed E-state index contributed by atoms with van der Waals surface area (Å²) in [4.78, 5) is 8.47. The Hall–Kier alpha value is -1.19. The van der Waals surface area contributed by atoms with Gasteiger partial charge in [0, 0.05) is 36.5 Å². The molecule has 0 aliphatic heterocycles. The van der Waals surface area contributed by atoms with Crippen molar-refractivity contribution in [3.05, 3.63) is 34.9 Å². The lowest BCUT2D eigenvalue weighted by molar-refractivity contribution is 0.184. The summed E-state index contributed by atoms with van der Waals surface area (Å²) in [5, 5.41) is 2.51. The Balaban J connectivity index is 2.63. The maximum absolute atomic E-state index is 6.08. The summed E-state index contributed by atoms with van der Waals surface area (Å²) >= 11 is 6.08. The summed E-state index contributed by atoms with van der Waals surface area (Å²) < 4.78 is 5.19. The molecule has 2 rings (SSSR count). The van der Waals surface area contributed by atoms with Gasteiger partial charge in [-0.15, -0.1) is 0 Å². The van der Waals surface area contributed by atoms with Crippen LogP contribution in [0.2, 0.25) is 5.15 Å². The highest BCUT2D eigenvalue weighted by Crippen LogP contribution is 2.29. The predicted molar refractivity (Wildman–Crippen MR) is 69.6 cm³/mol. The van der Waals surface area contributed by atoms with Crippen LogP contribution in [0, 0.1) is 6.92 Å². The van der Waals surface area contributed by atoms with Crippen LogP contribution in [0.3, 0.4) is 0 Å². The van der Waals surface area contributed by atoms with Crippen LogP contribution in [0.25, 0.3) is 10.8 Å². The van der Waals surface area contributed by atoms with E-state index in [4.69, 9.17) is 16.3 Å². The van der Waals surface area contributed by atoms with Crippen LogP contribution >= 0.6 is 11.6 Å². The van der Waals surface area contributed by atoms with E-state index in [0.717, 1.165) is 22.0 Å². The molecule has 1 atom stereocenters. The van der Waals surface area contributed by atoms with Gasteiger partial charge in [0.2, 0.25) is 0 Å². The van der Waals surface area contributed by atoms with Gasteiger partial charge < -0.3 is 4.74 Å². The topological polar surface area (TPSA) is 35.0 Å². The van der Waals surface area contributed by atoms with Crippen molar-refractivity contribution in [1.82, 2.24) is 9.97 Å². The molecule has 2 aromatic heterocycles. The second kappa shape index (κ2) is 4.98. The van der Waals surface area contributed by atoms with Crippen molar-refractivity contribution in [3.63, 3.8) is 0 Å². The molecule has 4 heteroatoms. The lowest BCUT2D eigenvalue weighted by Gasteiger charge is -2.14. The molecule has 0 saturated heterocycles. The van der Waals surface area contributed by atoms with E-state index >= 15 is 0 Å². The van der Waals surface area contributed by atoms with Crippen molar-refractivity contribution >= 4 is 22.4 Å². The van der Waals surface area contributed by atoms with Crippen molar-refractivity contribution in [2.24, 2.45) is 0 Å². The first-order valence-electron chi connectivity index (χ1n) is 5.53. The third-order valence-corrected chi connectivity index (χ3v) is 3.14. The molecule has 0 spiro atoms. The van der Waals surface area contributed by atoms with Crippen LogP contribution in [0.1, 0.15) is 24.1 Å². The lowest BCUT2D eigenvalue weighted by Crippen LogP contribution is -2.04. The van der Waals surface area contributed by atoms with Gasteiger partial charge in [0.05, 0.1) is 6.61 Å². The number of hydrogen-bond donors (Lipinski definition) is 0. The maximum atomic E-state index is 6.08. The summed E-state index contributed by atoms with van der Waals surface area (Å²) in [6.07, 6.45) is 3.61. The van der Waals surface area contributed by atoms with Gasteiger partial charge in [-0.3, -0.25) is 4.98 Å². The number of ether oxygens (including phenoxy) is 1. The smallest absolute Gasteiger partial charge is 0.138 e. The number of pyridine rings is 2. The summed E-state index contributed by atoms with van der Waals surface area (Å²) in [5.41, 5.74) is 2.13. The van der Waals surface area contributed by atoms with Gasteiger partial charge in [-0.05, 0) is 23.9 Å². The highest BCUT2D eigenvalue weighted by molar-refractivity contribution is 6.34. The predicted octanol–water partition coefficient (Wildman–Crippen LogP) is 3.34. The van der Waals surface area contributed by atoms with Crippen molar-refractivity contribution in [1.29, 1.82) is 0 Å². The van der Waals surface area contributed by atoms with Crippen molar-refractivity contribution in [3.8, 4) is 0 Å². The molecule has 2 heterocycles. The number of methoxy groups -OCH3 is 1. The van der Waals surface area contributed by atoms with Gasteiger partial charge in [-0.2, -0.15) is 0 Å². The molecule has 90 valence electrons. The minimum atomic E-state index is 0.286. The Morgan fingerprint density at radius 1 is 1.29 bits per heavy atom. The van der Waals surface area contributed by atoms with E-state index in [-0.39, 0.29) is 5.92 Å². The number of nitrogens with zero attached hydrogens (tertiary/aromatic N) is 2. The van der Waals surface area contributed by atoms with Gasteiger partial charge in [0.1, 0.15) is 5.15 Å². The number of fused-ring (bicyclic) bond motifs is 1. The van der Waals surface area contributed by atoms with Crippen LogP contribution in [-0.2, 0) is 4.74 Å². The Labute approximate surface area is 106 Å². The molecule has 0 aromatic carbocycles. The van der Waals surface area contributed by atoms with Crippen molar-refractivity contribution in [2.75, 3.05) is 13.7 Å². The van der Waals surface area contributed by atoms with Gasteiger partial charge in [-0.25, -0.2) is 4.98 Å². The normalized spacial score (nSPS) is 12.9. The molecule has 0 bridgehead atoms. The van der Waals surface area contributed by atoms with E-state index in [2.05, 4.69) is 16.9 Å². The number of hydrogen-bond acceptors (Lipinski definition) is 3. The molecule has 0 N–H and O–H groups in total. The Kier molecular flexibility index (Phi) is 3.60. The van der Waals surface area contributed by atoms with Crippen molar-refractivity contribution < 1.29 is 4.74 Å². The van der Waals surface area contributed by atoms with E-state index in [1.54, 1.807) is 13.3 Å². The third-order valence-electron chi connectivity index (χ3n) is 2.84. The van der Waals surface area contributed by atoms with Crippen LogP contribution in [0.5, 0.6) is 0 Å². The molecule has 0 radical (unpaired) electrons. The zero-order chi connectivity index (χ0) is 12.4. The fourth-order valence-corrected chi connectivity index (χ4v) is 2.16. The SMILES string of the molecule is COCC(C)c1cnc(Cl)c2cnc(C)cc12. The van der Waals surface area contributed by atoms with Crippen LogP contribution in [0.15, 0.2) is 18.5 Å². The first-order valence-corrected chi connectivity index (χ1v) is 5.91. The average molecular weight is 251 g/mol. The molecule has 17 heavy (non-hydrogen) atoms. The van der Waals surface area contributed by atoms with Gasteiger partial charge >= 0.3 is 0 Å². The highest BCUT2D eigenvalue weighted by atomic mass is 35.5. The molecule has 0 amide bonds. The molecule has 1 unspecified atom stereocenters. The van der Waals surface area contributed by atoms with Gasteiger partial charge in [0.15, 0.2) is 0 Å². The molecule has 0 fully saturated rings. The second-order valence-electron chi connectivity index (χ2n) is 4.23. The van der Waals surface area contributed by atoms with E-state index in [0.29, 0.717) is 11.8 Å². The summed E-state index contributed by atoms with van der Waals surface area (Å²) in [6, 6.07) is 2.05. The number of halogens is 1. The zero-order valence-corrected chi connectivity index (χ0v) is 11.0. The second-order valence-corrected chi connectivity index (χ2v) is 4.59. The standard InChI is InChI=1S/C13H15ClN2O/c1-8(7-17-3)11-5-16-13(14)12-6-15-9(2)4-10(11)12/h4-6,8H,7H2,1-3H3. The fraction of sp³-hybridized carbons (Fsp3) is 0.385. The molecular formula is C13H15ClN2O. The highest BCUT2D eigenvalue weighted by Gasteiger charge is 2.12. The van der Waals surface area contributed by atoms with E-state index in [9.17, 15) is 0 Å². The minimum absolute atomic E-state index is 0.286. The van der Waals surface area contributed by atoms with Crippen molar-refractivity contribution in [2.45, 2.75) is 19.8 Å². The molecule has 0 aliphatic carbocycles. The minimum Gasteiger partial charge on any atom is -0.384 e. The Bertz CT molecular complexity index is 542. The lowest BCUT2D eigenvalue weighted by atomic mass is 9.98. The van der Waals surface area contributed by atoms with Gasteiger partial charge in [-0.1, -0.05) is 18.5 Å². The number of aryl methyl sites for hydroxylation is 1. The monoisotopic (exact) mass is 250 g/mol. The van der Waals surface area contributed by atoms with E-state index in [1.165, 1.54) is 0 Å². The first-order chi connectivity index (χ1) is 8.13. The van der Waals surface area contributed by atoms with Crippen LogP contribution in [-0.4, -0.2) is 23.7 Å². The Morgan fingerprint density at radius 2 is 2.06 bits per heavy atom. The number of aromatic nitrogens is 2. The Morgan fingerprint density at radius 3 is 2.76 bits per heavy atom. The molecule has 2 aromatic rings. The van der Waals surface area contributed by atoms with E-state index in [1.807, 2.05) is 19.2 Å². The molecule has 0 aliphatic rings. The first kappa shape index (κ1) is 12.3. The fourth-order valence-electron chi connectivity index (χ4n) is 1.96. The van der Waals surface area contributed by atoms with E-state index < -0.39 is 0 Å². The molecular weight excluding hydrogens is 236 g/mol. The largest absolute Gasteiger partial charge is 0.384 e. The number of rotatable bonds is 3. The molecule has 3 nitrogen and oxygen atoms in total. The van der Waals surface area contributed by atoms with Crippen LogP contribution < -0.4 is 0 Å². The third kappa shape index (κ3) is 2.40. The zero-order valence-electron chi connectivity index (χ0n) is 10.2. The van der Waals surface area contributed by atoms with Crippen LogP contribution in [0.4, 0.5) is 0 Å². The van der Waals surface area contributed by atoms with Gasteiger partial charge in [0.25, 0.3) is 0 Å². The average Bonchev–Trinajstić information content (AvgIpc) is 2.29. The summed E-state index contributed by atoms with van der Waals surface area (Å²) in [6.45, 7) is 4.75. The molecule has 0 saturated carbocycles. The maximum Gasteiger partial charge on any atom is 0.138 e. The summed E-state index contributed by atoms with van der Waals surface area (Å²) in [5.74, 6) is 0.286. The quantitative estimate of drug-likeness (QED) is 0.784. The summed E-state index contributed by atoms with van der Waals surface area (Å²) in [7, 11) is 1.70.